The predicted molar refractivity (Wildman–Crippen MR) is 109 cm³/mol. The van der Waals surface area contributed by atoms with Crippen LogP contribution in [0.5, 0.6) is 0 Å². The first kappa shape index (κ1) is 22.5. The molecule has 2 fully saturated rings. The summed E-state index contributed by atoms with van der Waals surface area (Å²) in [5.74, 6) is -4.18. The van der Waals surface area contributed by atoms with Crippen LogP contribution in [0.15, 0.2) is 34.9 Å². The van der Waals surface area contributed by atoms with E-state index >= 15 is 0 Å². The number of rotatable bonds is 4. The number of benzene rings is 1. The van der Waals surface area contributed by atoms with E-state index in [1.54, 1.807) is 7.05 Å². The molecule has 0 aliphatic carbocycles. The highest BCUT2D eigenvalue weighted by atomic mass is 35.5. The van der Waals surface area contributed by atoms with Gasteiger partial charge in [-0.1, -0.05) is 18.5 Å². The van der Waals surface area contributed by atoms with Crippen molar-refractivity contribution in [3.8, 4) is 0 Å². The fourth-order valence-corrected chi connectivity index (χ4v) is 4.99. The number of likely N-dealkylation sites (N-methyl/N-ethyl adjacent to an activating group) is 1. The van der Waals surface area contributed by atoms with Crippen molar-refractivity contribution in [2.24, 2.45) is 0 Å². The van der Waals surface area contributed by atoms with Crippen LogP contribution in [-0.2, 0) is 16.1 Å². The lowest BCUT2D eigenvalue weighted by Gasteiger charge is -2.49. The zero-order valence-corrected chi connectivity index (χ0v) is 18.1. The maximum Gasteiger partial charge on any atom is 0.273 e. The Balaban J connectivity index is 1.74. The molecule has 8 nitrogen and oxygen atoms in total. The minimum absolute atomic E-state index is 0.00172. The smallest absolute Gasteiger partial charge is 0.273 e. The van der Waals surface area contributed by atoms with Crippen molar-refractivity contribution in [3.63, 3.8) is 0 Å². The summed E-state index contributed by atoms with van der Waals surface area (Å²) in [6.45, 7) is 1.50. The van der Waals surface area contributed by atoms with Gasteiger partial charge in [0.2, 0.25) is 0 Å². The summed E-state index contributed by atoms with van der Waals surface area (Å²) in [6.07, 6.45) is -2.46. The molecule has 1 aromatic carbocycles. The van der Waals surface area contributed by atoms with E-state index in [1.807, 2.05) is 6.92 Å². The van der Waals surface area contributed by atoms with Gasteiger partial charge in [-0.3, -0.25) is 9.59 Å². The van der Waals surface area contributed by atoms with Crippen molar-refractivity contribution in [2.75, 3.05) is 13.6 Å². The maximum atomic E-state index is 14.2. The molecule has 4 N–H and O–H groups in total. The minimum atomic E-state index is -1.90. The zero-order chi connectivity index (χ0) is 23.5. The molecule has 1 aromatic rings. The number of nitrogens with one attached hydrogen (secondary N) is 1. The monoisotopic (exact) mass is 469 g/mol. The minimum Gasteiger partial charge on any atom is -0.507 e. The summed E-state index contributed by atoms with van der Waals surface area (Å²) < 4.78 is 28.2. The summed E-state index contributed by atoms with van der Waals surface area (Å²) >= 11 is 5.68. The molecule has 0 radical (unpaired) electrons. The first-order valence-corrected chi connectivity index (χ1v) is 10.4. The second kappa shape index (κ2) is 7.72. The van der Waals surface area contributed by atoms with E-state index in [1.165, 1.54) is 9.80 Å². The second-order valence-corrected chi connectivity index (χ2v) is 8.64. The van der Waals surface area contributed by atoms with E-state index in [0.29, 0.717) is 6.42 Å². The molecule has 3 heterocycles. The van der Waals surface area contributed by atoms with Gasteiger partial charge in [-0.15, -0.1) is 0 Å². The van der Waals surface area contributed by atoms with E-state index in [4.69, 9.17) is 11.6 Å². The molecule has 172 valence electrons. The highest BCUT2D eigenvalue weighted by molar-refractivity contribution is 6.30. The Morgan fingerprint density at radius 1 is 1.34 bits per heavy atom. The van der Waals surface area contributed by atoms with Gasteiger partial charge >= 0.3 is 0 Å². The number of hydrogen-bond acceptors (Lipinski definition) is 6. The fraction of sp³-hybridized carbons (Fsp3) is 0.429. The van der Waals surface area contributed by atoms with Gasteiger partial charge in [0.25, 0.3) is 11.8 Å². The highest BCUT2D eigenvalue weighted by Crippen LogP contribution is 2.50. The number of carbonyl (C=O) groups is 2. The van der Waals surface area contributed by atoms with Gasteiger partial charge in [0.15, 0.2) is 5.76 Å². The average molecular weight is 470 g/mol. The number of amides is 2. The van der Waals surface area contributed by atoms with Crippen LogP contribution in [0.3, 0.4) is 0 Å². The lowest BCUT2D eigenvalue weighted by molar-refractivity contribution is -0.134. The van der Waals surface area contributed by atoms with Gasteiger partial charge in [0.1, 0.15) is 23.4 Å². The normalized spacial score (nSPS) is 27.3. The van der Waals surface area contributed by atoms with Gasteiger partial charge in [0, 0.05) is 32.1 Å². The molecule has 0 aromatic heterocycles. The highest BCUT2D eigenvalue weighted by Gasteiger charge is 2.58. The Morgan fingerprint density at radius 3 is 2.69 bits per heavy atom. The summed E-state index contributed by atoms with van der Waals surface area (Å²) in [7, 11) is 1.55. The van der Waals surface area contributed by atoms with Crippen LogP contribution in [0.25, 0.3) is 0 Å². The number of hydrogen-bond donors (Lipinski definition) is 4. The summed E-state index contributed by atoms with van der Waals surface area (Å²) in [6, 6.07) is 2.00. The van der Waals surface area contributed by atoms with Crippen molar-refractivity contribution in [1.29, 1.82) is 0 Å². The number of aliphatic hydroxyl groups excluding tert-OH is 3. The molecule has 3 unspecified atom stereocenters. The second-order valence-electron chi connectivity index (χ2n) is 8.23. The molecule has 0 saturated carbocycles. The van der Waals surface area contributed by atoms with Gasteiger partial charge in [-0.05, 0) is 18.6 Å². The molecular formula is C21H22ClF2N3O5. The van der Waals surface area contributed by atoms with Crippen LogP contribution >= 0.6 is 11.6 Å². The van der Waals surface area contributed by atoms with E-state index in [-0.39, 0.29) is 35.0 Å². The summed E-state index contributed by atoms with van der Waals surface area (Å²) in [4.78, 5) is 28.6. The van der Waals surface area contributed by atoms with E-state index in [2.05, 4.69) is 5.32 Å². The quantitative estimate of drug-likeness (QED) is 0.495. The Bertz CT molecular complexity index is 1090. The van der Waals surface area contributed by atoms with Gasteiger partial charge in [-0.25, -0.2) is 8.78 Å². The van der Waals surface area contributed by atoms with Crippen molar-refractivity contribution in [1.82, 2.24) is 15.1 Å². The maximum absolute atomic E-state index is 14.2. The number of nitrogens with zero attached hydrogens (tertiary/aromatic N) is 2. The van der Waals surface area contributed by atoms with Crippen LogP contribution in [0, 0.1) is 11.6 Å². The van der Waals surface area contributed by atoms with Crippen molar-refractivity contribution >= 4 is 23.4 Å². The molecule has 2 saturated heterocycles. The molecule has 11 heteroatoms. The standard InChI is InChI=1S/C21H22ClF2N3O5/c1-3-21-6-12(28)15-13(17(29)18(30)16(27(15)21)20(32)26(2)8-21)19(31)25-7-9-11(23)5-4-10(22)14(9)24/h4-5,12,17,28-30H,3,6-8H2,1-2H3,(H,25,31). The first-order valence-electron chi connectivity index (χ1n) is 10.0. The Morgan fingerprint density at radius 2 is 2.03 bits per heavy atom. The third kappa shape index (κ3) is 3.08. The molecule has 0 spiro atoms. The largest absolute Gasteiger partial charge is 0.507 e. The Hall–Kier alpha value is -2.69. The fourth-order valence-electron chi connectivity index (χ4n) is 4.82. The van der Waals surface area contributed by atoms with Crippen LogP contribution in [0.2, 0.25) is 5.02 Å². The Labute approximate surface area is 187 Å². The molecule has 32 heavy (non-hydrogen) atoms. The van der Waals surface area contributed by atoms with E-state index in [9.17, 15) is 33.7 Å². The number of halogens is 3. The third-order valence-corrected chi connectivity index (χ3v) is 6.72. The van der Waals surface area contributed by atoms with Gasteiger partial charge in [-0.2, -0.15) is 0 Å². The molecule has 4 rings (SSSR count). The molecule has 3 aliphatic rings. The predicted octanol–water partition coefficient (Wildman–Crippen LogP) is 1.32. The van der Waals surface area contributed by atoms with Gasteiger partial charge in [0.05, 0.1) is 27.9 Å². The molecule has 3 atom stereocenters. The average Bonchev–Trinajstić information content (AvgIpc) is 3.03. The molecule has 2 amide bonds. The van der Waals surface area contributed by atoms with Crippen LogP contribution in [0.4, 0.5) is 8.78 Å². The SMILES string of the molecule is CCC12CC(O)C3=C(C(=O)NCc4c(F)ccc(Cl)c4F)C(O)C(O)=C(C(=O)N(C)C1)N32. The molecule has 3 aliphatic heterocycles. The van der Waals surface area contributed by atoms with E-state index in [0.717, 1.165) is 12.1 Å². The molecular weight excluding hydrogens is 448 g/mol. The van der Waals surface area contributed by atoms with E-state index < -0.39 is 59.1 Å². The lowest BCUT2D eigenvalue weighted by atomic mass is 9.88. The summed E-state index contributed by atoms with van der Waals surface area (Å²) in [5, 5.41) is 34.2. The first-order chi connectivity index (χ1) is 15.0. The Kier molecular flexibility index (Phi) is 5.43. The van der Waals surface area contributed by atoms with Crippen molar-refractivity contribution < 1.29 is 33.7 Å². The number of piperazine rings is 1. The number of carbonyl (C=O) groups excluding carboxylic acids is 2. The topological polar surface area (TPSA) is 113 Å². The molecule has 0 bridgehead atoms. The van der Waals surface area contributed by atoms with Crippen LogP contribution < -0.4 is 5.32 Å². The van der Waals surface area contributed by atoms with Crippen LogP contribution in [0.1, 0.15) is 25.3 Å². The third-order valence-electron chi connectivity index (χ3n) is 6.43. The van der Waals surface area contributed by atoms with Gasteiger partial charge < -0.3 is 30.4 Å². The van der Waals surface area contributed by atoms with Crippen molar-refractivity contribution in [2.45, 2.75) is 44.1 Å². The van der Waals surface area contributed by atoms with Crippen molar-refractivity contribution in [3.05, 3.63) is 57.1 Å². The number of aliphatic hydroxyl groups is 3. The van der Waals surface area contributed by atoms with Crippen LogP contribution in [-0.4, -0.2) is 68.3 Å². The summed E-state index contributed by atoms with van der Waals surface area (Å²) in [5.41, 5.74) is -1.83. The zero-order valence-electron chi connectivity index (χ0n) is 17.3. The lowest BCUT2D eigenvalue weighted by Crippen LogP contribution is -2.60.